The maximum Gasteiger partial charge on any atom is 0.431 e. The van der Waals surface area contributed by atoms with Gasteiger partial charge >= 0.3 is 11.9 Å². The van der Waals surface area contributed by atoms with Crippen molar-refractivity contribution in [3.05, 3.63) is 46.3 Å². The van der Waals surface area contributed by atoms with Crippen LogP contribution in [0.25, 0.3) is 11.3 Å². The molecule has 20 heavy (non-hydrogen) atoms. The van der Waals surface area contributed by atoms with Crippen molar-refractivity contribution in [1.82, 2.24) is 9.97 Å². The number of alkyl halides is 3. The number of hydrogen-bond donors (Lipinski definition) is 1. The van der Waals surface area contributed by atoms with Crippen molar-refractivity contribution in [2.45, 2.75) is 6.18 Å². The minimum absolute atomic E-state index is 0.154. The molecule has 1 aromatic heterocycles. The van der Waals surface area contributed by atoms with Crippen molar-refractivity contribution in [2.75, 3.05) is 7.11 Å². The highest BCUT2D eigenvalue weighted by Crippen LogP contribution is 2.31. The fourth-order valence-electron chi connectivity index (χ4n) is 1.61. The number of aromatic nitrogens is 2. The van der Waals surface area contributed by atoms with E-state index in [1.165, 1.54) is 25.3 Å². The fraction of sp³-hybridized carbons (Fsp3) is 0.167. The number of H-pyrrole nitrogens is 1. The Morgan fingerprint density at radius 3 is 2.60 bits per heavy atom. The van der Waals surface area contributed by atoms with Gasteiger partial charge in [0.1, 0.15) is 5.69 Å². The van der Waals surface area contributed by atoms with Crippen molar-refractivity contribution in [3.63, 3.8) is 0 Å². The van der Waals surface area contributed by atoms with E-state index in [-0.39, 0.29) is 11.3 Å². The van der Waals surface area contributed by atoms with Crippen LogP contribution in [0.4, 0.5) is 17.6 Å². The van der Waals surface area contributed by atoms with Gasteiger partial charge in [0.25, 0.3) is 0 Å². The number of methoxy groups -OCH3 is 1. The summed E-state index contributed by atoms with van der Waals surface area (Å²) in [7, 11) is 1.22. The number of aromatic amines is 1. The van der Waals surface area contributed by atoms with Crippen molar-refractivity contribution < 1.29 is 22.3 Å². The molecule has 4 nitrogen and oxygen atoms in total. The molecule has 0 amide bonds. The van der Waals surface area contributed by atoms with Crippen LogP contribution in [-0.2, 0) is 6.18 Å². The lowest BCUT2D eigenvalue weighted by atomic mass is 10.1. The molecule has 1 heterocycles. The van der Waals surface area contributed by atoms with Crippen LogP contribution in [0.1, 0.15) is 5.69 Å². The highest BCUT2D eigenvalue weighted by Gasteiger charge is 2.33. The molecule has 0 spiro atoms. The second kappa shape index (κ2) is 4.95. The molecule has 106 valence electrons. The standard InChI is InChI=1S/C12H8F4N2O2/c1-20-8-4-2-3-6(10(8)13)7-5-9(12(14,15)16)18-11(19)17-7/h2-5H,1H3,(H,17,18,19). The molecule has 0 saturated carbocycles. The Morgan fingerprint density at radius 1 is 1.30 bits per heavy atom. The van der Waals surface area contributed by atoms with Crippen LogP contribution >= 0.6 is 0 Å². The zero-order valence-corrected chi connectivity index (χ0v) is 10.1. The Kier molecular flexibility index (Phi) is 3.47. The number of ether oxygens (including phenoxy) is 1. The van der Waals surface area contributed by atoms with E-state index in [1.54, 1.807) is 4.98 Å². The highest BCUT2D eigenvalue weighted by molar-refractivity contribution is 5.62. The van der Waals surface area contributed by atoms with Crippen molar-refractivity contribution in [1.29, 1.82) is 0 Å². The second-order valence-corrected chi connectivity index (χ2v) is 3.80. The van der Waals surface area contributed by atoms with Gasteiger partial charge in [-0.15, -0.1) is 0 Å². The summed E-state index contributed by atoms with van der Waals surface area (Å²) in [5, 5.41) is 0. The monoisotopic (exact) mass is 288 g/mol. The maximum absolute atomic E-state index is 14.0. The van der Waals surface area contributed by atoms with E-state index < -0.39 is 29.1 Å². The van der Waals surface area contributed by atoms with Crippen molar-refractivity contribution >= 4 is 0 Å². The third kappa shape index (κ3) is 2.63. The van der Waals surface area contributed by atoms with Gasteiger partial charge in [0.2, 0.25) is 0 Å². The third-order valence-electron chi connectivity index (χ3n) is 2.51. The highest BCUT2D eigenvalue weighted by atomic mass is 19.4. The first-order valence-corrected chi connectivity index (χ1v) is 5.34. The molecule has 2 rings (SSSR count). The molecule has 0 aliphatic carbocycles. The van der Waals surface area contributed by atoms with Gasteiger partial charge in [0, 0.05) is 5.56 Å². The van der Waals surface area contributed by atoms with Crippen LogP contribution in [0.2, 0.25) is 0 Å². The van der Waals surface area contributed by atoms with E-state index in [2.05, 4.69) is 4.98 Å². The van der Waals surface area contributed by atoms with E-state index >= 15 is 0 Å². The lowest BCUT2D eigenvalue weighted by molar-refractivity contribution is -0.141. The minimum Gasteiger partial charge on any atom is -0.494 e. The Morgan fingerprint density at radius 2 is 2.00 bits per heavy atom. The predicted molar refractivity (Wildman–Crippen MR) is 61.8 cm³/mol. The van der Waals surface area contributed by atoms with E-state index in [1.807, 2.05) is 0 Å². The van der Waals surface area contributed by atoms with Gasteiger partial charge in [-0.2, -0.15) is 18.2 Å². The topological polar surface area (TPSA) is 55.0 Å². The lowest BCUT2D eigenvalue weighted by Crippen LogP contribution is -2.19. The minimum atomic E-state index is -4.76. The Labute approximate surface area is 110 Å². The zero-order valence-electron chi connectivity index (χ0n) is 10.1. The average molecular weight is 288 g/mol. The summed E-state index contributed by atoms with van der Waals surface area (Å²) in [6.07, 6.45) is -4.76. The Balaban J connectivity index is 2.65. The molecule has 2 aromatic rings. The van der Waals surface area contributed by atoms with Crippen LogP contribution in [0.5, 0.6) is 5.75 Å². The summed E-state index contributed by atoms with van der Waals surface area (Å²) in [5.74, 6) is -1.04. The smallest absolute Gasteiger partial charge is 0.431 e. The molecular weight excluding hydrogens is 280 g/mol. The van der Waals surface area contributed by atoms with Gasteiger partial charge in [-0.25, -0.2) is 9.18 Å². The Hall–Kier alpha value is -2.38. The average Bonchev–Trinajstić information content (AvgIpc) is 2.37. The Bertz CT molecular complexity index is 695. The van der Waals surface area contributed by atoms with Gasteiger partial charge in [-0.05, 0) is 18.2 Å². The number of benzene rings is 1. The van der Waals surface area contributed by atoms with Crippen LogP contribution in [0.3, 0.4) is 0 Å². The summed E-state index contributed by atoms with van der Waals surface area (Å²) in [6, 6.07) is 4.46. The first-order chi connectivity index (χ1) is 9.32. The molecule has 0 radical (unpaired) electrons. The second-order valence-electron chi connectivity index (χ2n) is 3.80. The predicted octanol–water partition coefficient (Wildman–Crippen LogP) is 2.60. The van der Waals surface area contributed by atoms with E-state index in [9.17, 15) is 22.4 Å². The van der Waals surface area contributed by atoms with Crippen LogP contribution in [0.15, 0.2) is 29.1 Å². The van der Waals surface area contributed by atoms with Gasteiger partial charge in [-0.3, -0.25) is 0 Å². The number of hydrogen-bond acceptors (Lipinski definition) is 3. The molecule has 0 fully saturated rings. The zero-order chi connectivity index (χ0) is 14.9. The summed E-state index contributed by atoms with van der Waals surface area (Å²) in [5.41, 5.74) is -3.18. The quantitative estimate of drug-likeness (QED) is 0.864. The van der Waals surface area contributed by atoms with Crippen LogP contribution in [0, 0.1) is 5.82 Å². The van der Waals surface area contributed by atoms with E-state index in [4.69, 9.17) is 4.74 Å². The molecule has 0 aliphatic heterocycles. The summed E-state index contributed by atoms with van der Waals surface area (Å²) >= 11 is 0. The molecule has 0 bridgehead atoms. The number of rotatable bonds is 2. The summed E-state index contributed by atoms with van der Waals surface area (Å²) < 4.78 is 56.5. The molecule has 0 unspecified atom stereocenters. The first-order valence-electron chi connectivity index (χ1n) is 5.34. The molecule has 1 aromatic carbocycles. The first kappa shape index (κ1) is 14.0. The molecule has 1 N–H and O–H groups in total. The number of halogens is 4. The largest absolute Gasteiger partial charge is 0.494 e. The number of nitrogens with zero attached hydrogens (tertiary/aromatic N) is 1. The van der Waals surface area contributed by atoms with Crippen LogP contribution < -0.4 is 10.4 Å². The van der Waals surface area contributed by atoms with E-state index in [0.717, 1.165) is 0 Å². The van der Waals surface area contributed by atoms with Gasteiger partial charge in [0.15, 0.2) is 11.6 Å². The fourth-order valence-corrected chi connectivity index (χ4v) is 1.61. The molecule has 0 atom stereocenters. The summed E-state index contributed by atoms with van der Waals surface area (Å²) in [6.45, 7) is 0. The molecule has 0 aliphatic rings. The van der Waals surface area contributed by atoms with Crippen LogP contribution in [-0.4, -0.2) is 17.1 Å². The SMILES string of the molecule is COc1cccc(-c2cc(C(F)(F)F)[nH]c(=O)n2)c1F. The normalized spacial score (nSPS) is 11.4. The van der Waals surface area contributed by atoms with Gasteiger partial charge < -0.3 is 9.72 Å². The third-order valence-corrected chi connectivity index (χ3v) is 2.51. The number of nitrogens with one attached hydrogen (secondary N) is 1. The molecule has 8 heteroatoms. The molecule has 0 saturated heterocycles. The molecular formula is C12H8F4N2O2. The van der Waals surface area contributed by atoms with Gasteiger partial charge in [-0.1, -0.05) is 6.07 Å². The lowest BCUT2D eigenvalue weighted by Gasteiger charge is -2.09. The maximum atomic E-state index is 14.0. The summed E-state index contributed by atoms with van der Waals surface area (Å²) in [4.78, 5) is 16.1. The van der Waals surface area contributed by atoms with E-state index in [0.29, 0.717) is 6.07 Å². The van der Waals surface area contributed by atoms with Crippen molar-refractivity contribution in [2.24, 2.45) is 0 Å². The van der Waals surface area contributed by atoms with Gasteiger partial charge in [0.05, 0.1) is 12.8 Å². The van der Waals surface area contributed by atoms with Crippen molar-refractivity contribution in [3.8, 4) is 17.0 Å².